The van der Waals surface area contributed by atoms with E-state index in [0.29, 0.717) is 23.8 Å². The molecule has 0 bridgehead atoms. The number of carbonyl (C=O) groups excluding carboxylic acids is 1. The molecule has 2 rings (SSSR count). The van der Waals surface area contributed by atoms with Gasteiger partial charge in [-0.05, 0) is 34.3 Å². The lowest BCUT2D eigenvalue weighted by molar-refractivity contribution is 0.0925. The SMILES string of the molecule is CCCc1cc(=O)oc2c(C(=O)C(C)CC)c(O)c(Br)c(O)c12. The molecule has 1 aromatic heterocycles. The lowest BCUT2D eigenvalue weighted by atomic mass is 9.93. The molecule has 0 amide bonds. The van der Waals surface area contributed by atoms with Crippen molar-refractivity contribution < 1.29 is 19.4 Å². The van der Waals surface area contributed by atoms with Gasteiger partial charge >= 0.3 is 5.63 Å². The number of ketones is 1. The Hall–Kier alpha value is -1.82. The van der Waals surface area contributed by atoms with Gasteiger partial charge in [0.05, 0.1) is 5.39 Å². The van der Waals surface area contributed by atoms with E-state index in [1.165, 1.54) is 6.07 Å². The number of phenolic OH excluding ortho intramolecular Hbond substituents is 2. The predicted molar refractivity (Wildman–Crippen MR) is 91.3 cm³/mol. The smallest absolute Gasteiger partial charge is 0.336 e. The van der Waals surface area contributed by atoms with Gasteiger partial charge < -0.3 is 14.6 Å². The lowest BCUT2D eigenvalue weighted by Crippen LogP contribution is -2.13. The van der Waals surface area contributed by atoms with Crippen molar-refractivity contribution in [3.63, 3.8) is 0 Å². The molecule has 23 heavy (non-hydrogen) atoms. The van der Waals surface area contributed by atoms with Gasteiger partial charge in [-0.1, -0.05) is 27.2 Å². The van der Waals surface area contributed by atoms with Gasteiger partial charge in [0.25, 0.3) is 0 Å². The van der Waals surface area contributed by atoms with E-state index < -0.39 is 11.4 Å². The first-order valence-electron chi connectivity index (χ1n) is 7.57. The van der Waals surface area contributed by atoms with E-state index in [1.54, 1.807) is 6.92 Å². The zero-order chi connectivity index (χ0) is 17.3. The van der Waals surface area contributed by atoms with E-state index in [4.69, 9.17) is 4.42 Å². The summed E-state index contributed by atoms with van der Waals surface area (Å²) >= 11 is 3.12. The van der Waals surface area contributed by atoms with E-state index in [2.05, 4.69) is 15.9 Å². The highest BCUT2D eigenvalue weighted by Crippen LogP contribution is 2.45. The molecule has 0 aliphatic heterocycles. The van der Waals surface area contributed by atoms with E-state index in [0.717, 1.165) is 6.42 Å². The van der Waals surface area contributed by atoms with Crippen molar-refractivity contribution in [1.29, 1.82) is 0 Å². The molecule has 0 aliphatic carbocycles. The van der Waals surface area contributed by atoms with Crippen LogP contribution in [0.5, 0.6) is 11.5 Å². The molecule has 1 heterocycles. The summed E-state index contributed by atoms with van der Waals surface area (Å²) in [5.74, 6) is -1.31. The molecule has 1 atom stereocenters. The number of fused-ring (bicyclic) bond motifs is 1. The van der Waals surface area contributed by atoms with Crippen LogP contribution in [0.1, 0.15) is 49.5 Å². The molecule has 0 saturated heterocycles. The number of hydrogen-bond acceptors (Lipinski definition) is 5. The van der Waals surface area contributed by atoms with Gasteiger partial charge in [-0.2, -0.15) is 0 Å². The summed E-state index contributed by atoms with van der Waals surface area (Å²) in [5, 5.41) is 21.0. The van der Waals surface area contributed by atoms with Crippen LogP contribution in [0.15, 0.2) is 19.8 Å². The topological polar surface area (TPSA) is 87.7 Å². The Morgan fingerprint density at radius 2 is 1.96 bits per heavy atom. The summed E-state index contributed by atoms with van der Waals surface area (Å²) in [6, 6.07) is 1.31. The van der Waals surface area contributed by atoms with Crippen LogP contribution < -0.4 is 5.63 Å². The van der Waals surface area contributed by atoms with Gasteiger partial charge in [-0.15, -0.1) is 0 Å². The van der Waals surface area contributed by atoms with Crippen molar-refractivity contribution >= 4 is 32.7 Å². The van der Waals surface area contributed by atoms with Crippen molar-refractivity contribution in [2.75, 3.05) is 0 Å². The minimum Gasteiger partial charge on any atom is -0.506 e. The van der Waals surface area contributed by atoms with Gasteiger partial charge in [0, 0.05) is 12.0 Å². The first-order valence-corrected chi connectivity index (χ1v) is 8.37. The largest absolute Gasteiger partial charge is 0.506 e. The molecular weight excluding hydrogens is 364 g/mol. The first kappa shape index (κ1) is 17.5. The zero-order valence-corrected chi connectivity index (χ0v) is 14.9. The fourth-order valence-electron chi connectivity index (χ4n) is 2.54. The molecule has 0 radical (unpaired) electrons. The van der Waals surface area contributed by atoms with Crippen LogP contribution >= 0.6 is 15.9 Å². The third-order valence-electron chi connectivity index (χ3n) is 3.99. The highest BCUT2D eigenvalue weighted by Gasteiger charge is 2.28. The van der Waals surface area contributed by atoms with Gasteiger partial charge in [0.1, 0.15) is 21.5 Å². The summed E-state index contributed by atoms with van der Waals surface area (Å²) < 4.78 is 5.23. The average Bonchev–Trinajstić information content (AvgIpc) is 2.51. The summed E-state index contributed by atoms with van der Waals surface area (Å²) in [6.07, 6.45) is 1.88. The highest BCUT2D eigenvalue weighted by atomic mass is 79.9. The number of benzene rings is 1. The number of halogens is 1. The normalized spacial score (nSPS) is 12.5. The molecule has 2 N–H and O–H groups in total. The van der Waals surface area contributed by atoms with Gasteiger partial charge in [-0.25, -0.2) is 4.79 Å². The Labute approximate surface area is 142 Å². The maximum absolute atomic E-state index is 12.6. The van der Waals surface area contributed by atoms with Crippen LogP contribution in [0.25, 0.3) is 11.0 Å². The number of aryl methyl sites for hydroxylation is 1. The maximum atomic E-state index is 12.6. The second-order valence-electron chi connectivity index (χ2n) is 5.60. The highest BCUT2D eigenvalue weighted by molar-refractivity contribution is 9.10. The number of aromatic hydroxyl groups is 2. The minimum atomic E-state index is -0.611. The van der Waals surface area contributed by atoms with Crippen LogP contribution in [0.2, 0.25) is 0 Å². The van der Waals surface area contributed by atoms with Crippen molar-refractivity contribution in [1.82, 2.24) is 0 Å². The Morgan fingerprint density at radius 1 is 1.30 bits per heavy atom. The number of carbonyl (C=O) groups is 1. The first-order chi connectivity index (χ1) is 10.8. The molecule has 2 aromatic rings. The molecule has 124 valence electrons. The fraction of sp³-hybridized carbons (Fsp3) is 0.412. The van der Waals surface area contributed by atoms with E-state index in [9.17, 15) is 19.8 Å². The fourth-order valence-corrected chi connectivity index (χ4v) is 2.94. The van der Waals surface area contributed by atoms with Crippen molar-refractivity contribution in [3.8, 4) is 11.5 Å². The molecule has 1 aromatic carbocycles. The van der Waals surface area contributed by atoms with Gasteiger partial charge in [0.2, 0.25) is 0 Å². The van der Waals surface area contributed by atoms with Crippen LogP contribution in [0, 0.1) is 5.92 Å². The van der Waals surface area contributed by atoms with E-state index >= 15 is 0 Å². The molecular formula is C17H19BrO5. The number of Topliss-reactive ketones (excluding diaryl/α,β-unsaturated/α-hetero) is 1. The van der Waals surface area contributed by atoms with Crippen LogP contribution in [0.4, 0.5) is 0 Å². The lowest BCUT2D eigenvalue weighted by Gasteiger charge is -2.15. The monoisotopic (exact) mass is 382 g/mol. The van der Waals surface area contributed by atoms with Crippen LogP contribution in [-0.4, -0.2) is 16.0 Å². The van der Waals surface area contributed by atoms with Crippen LogP contribution in [-0.2, 0) is 6.42 Å². The van der Waals surface area contributed by atoms with Crippen molar-refractivity contribution in [2.24, 2.45) is 5.92 Å². The molecule has 5 nitrogen and oxygen atoms in total. The second kappa shape index (κ2) is 6.74. The molecule has 6 heteroatoms. The third-order valence-corrected chi connectivity index (χ3v) is 4.74. The molecule has 1 unspecified atom stereocenters. The summed E-state index contributed by atoms with van der Waals surface area (Å²) in [5.41, 5.74) is -0.131. The summed E-state index contributed by atoms with van der Waals surface area (Å²) in [7, 11) is 0. The van der Waals surface area contributed by atoms with Gasteiger partial charge in [-0.3, -0.25) is 4.79 Å². The molecule has 0 spiro atoms. The molecule has 0 fully saturated rings. The maximum Gasteiger partial charge on any atom is 0.336 e. The van der Waals surface area contributed by atoms with Crippen molar-refractivity contribution in [3.05, 3.63) is 32.1 Å². The number of phenols is 2. The summed E-state index contributed by atoms with van der Waals surface area (Å²) in [4.78, 5) is 24.5. The van der Waals surface area contributed by atoms with Gasteiger partial charge in [0.15, 0.2) is 11.4 Å². The van der Waals surface area contributed by atoms with Crippen molar-refractivity contribution in [2.45, 2.75) is 40.0 Å². The summed E-state index contributed by atoms with van der Waals surface area (Å²) in [6.45, 7) is 5.54. The quantitative estimate of drug-likeness (QED) is 0.598. The predicted octanol–water partition coefficient (Wildman–Crippen LogP) is 4.15. The second-order valence-corrected chi connectivity index (χ2v) is 6.40. The third kappa shape index (κ3) is 3.00. The van der Waals surface area contributed by atoms with E-state index in [1.807, 2.05) is 13.8 Å². The zero-order valence-electron chi connectivity index (χ0n) is 13.3. The number of hydrogen-bond donors (Lipinski definition) is 2. The molecule has 0 saturated carbocycles. The molecule has 0 aliphatic rings. The van der Waals surface area contributed by atoms with E-state index in [-0.39, 0.29) is 33.1 Å². The number of rotatable bonds is 5. The Bertz CT molecular complexity index is 822. The standard InChI is InChI=1S/C17H19BrO5/c1-4-6-9-7-10(19)23-17-11(9)15(21)13(18)16(22)12(17)14(20)8(3)5-2/h7-8,21-22H,4-6H2,1-3H3. The van der Waals surface area contributed by atoms with Crippen LogP contribution in [0.3, 0.4) is 0 Å². The Morgan fingerprint density at radius 3 is 2.52 bits per heavy atom. The Balaban J connectivity index is 2.97. The Kier molecular flexibility index (Phi) is 5.14. The minimum absolute atomic E-state index is 0.0304. The average molecular weight is 383 g/mol.